The van der Waals surface area contributed by atoms with Crippen molar-refractivity contribution >= 4 is 31.6 Å². The first-order valence-corrected chi connectivity index (χ1v) is 15.7. The molecule has 11 heteroatoms. The van der Waals surface area contributed by atoms with Crippen LogP contribution in [0.1, 0.15) is 30.5 Å². The van der Waals surface area contributed by atoms with Gasteiger partial charge in [0.1, 0.15) is 0 Å². The van der Waals surface area contributed by atoms with Gasteiger partial charge in [-0.1, -0.05) is 42.5 Å². The Kier molecular flexibility index (Phi) is 9.19. The monoisotopic (exact) mass is 570 g/mol. The number of aryl methyl sites for hydroxylation is 1. The maximum Gasteiger partial charge on any atom is 0.243 e. The number of likely N-dealkylation sites (N-methyl/N-ethyl adjacent to an activating group) is 1. The van der Waals surface area contributed by atoms with Crippen LogP contribution in [0.4, 0.5) is 5.69 Å². The molecule has 0 unspecified atom stereocenters. The number of amides is 1. The second kappa shape index (κ2) is 12.4. The highest BCUT2D eigenvalue weighted by Gasteiger charge is 2.27. The predicted octanol–water partition coefficient (Wildman–Crippen LogP) is 3.23. The van der Waals surface area contributed by atoms with E-state index in [2.05, 4.69) is 14.9 Å². The molecular weight excluding hydrogens is 536 g/mol. The van der Waals surface area contributed by atoms with Crippen molar-refractivity contribution in [1.29, 1.82) is 0 Å². The minimum atomic E-state index is -3.70. The molecule has 39 heavy (non-hydrogen) atoms. The zero-order valence-corrected chi connectivity index (χ0v) is 23.7. The summed E-state index contributed by atoms with van der Waals surface area (Å²) in [6.07, 6.45) is 0.618. The highest BCUT2D eigenvalue weighted by Crippen LogP contribution is 2.21. The predicted molar refractivity (Wildman–Crippen MR) is 151 cm³/mol. The second-order valence-corrected chi connectivity index (χ2v) is 13.3. The van der Waals surface area contributed by atoms with Crippen LogP contribution < -0.4 is 10.0 Å². The standard InChI is InChI=1S/C28H34N4O5S2/c1-22(24-6-4-3-5-7-24)30-38(34,35)26-13-8-23(9-14-26)10-17-28(33)29-25-11-15-27(16-12-25)39(36,37)32-20-18-31(2)19-21-32/h3-9,11-16,22,30H,10,17-21H2,1-2H3,(H,29,33)/t22-/m1/s1. The van der Waals surface area contributed by atoms with Gasteiger partial charge in [0, 0.05) is 44.3 Å². The molecule has 1 saturated heterocycles. The average molecular weight is 571 g/mol. The maximum atomic E-state index is 12.9. The van der Waals surface area contributed by atoms with Gasteiger partial charge in [0.05, 0.1) is 9.79 Å². The van der Waals surface area contributed by atoms with Crippen molar-refractivity contribution in [3.63, 3.8) is 0 Å². The molecule has 0 aromatic heterocycles. The van der Waals surface area contributed by atoms with Crippen molar-refractivity contribution in [2.24, 2.45) is 0 Å². The quantitative estimate of drug-likeness (QED) is 0.387. The van der Waals surface area contributed by atoms with E-state index < -0.39 is 20.0 Å². The van der Waals surface area contributed by atoms with Crippen molar-refractivity contribution < 1.29 is 21.6 Å². The zero-order valence-electron chi connectivity index (χ0n) is 22.1. The Hall–Kier alpha value is -3.09. The fourth-order valence-electron chi connectivity index (χ4n) is 4.31. The molecule has 1 fully saturated rings. The Bertz CT molecular complexity index is 1470. The summed E-state index contributed by atoms with van der Waals surface area (Å²) in [6, 6.07) is 21.6. The van der Waals surface area contributed by atoms with E-state index in [1.165, 1.54) is 28.6 Å². The smallest absolute Gasteiger partial charge is 0.243 e. The third-order valence-electron chi connectivity index (χ3n) is 6.74. The van der Waals surface area contributed by atoms with Crippen LogP contribution in [-0.2, 0) is 31.3 Å². The van der Waals surface area contributed by atoms with Crippen molar-refractivity contribution in [3.05, 3.63) is 90.0 Å². The summed E-state index contributed by atoms with van der Waals surface area (Å²) in [6.45, 7) is 4.08. The first-order chi connectivity index (χ1) is 18.5. The molecule has 0 aliphatic carbocycles. The molecule has 1 heterocycles. The molecule has 1 atom stereocenters. The van der Waals surface area contributed by atoms with Gasteiger partial charge in [-0.15, -0.1) is 0 Å². The van der Waals surface area contributed by atoms with Crippen LogP contribution in [0.3, 0.4) is 0 Å². The SMILES string of the molecule is C[C@@H](NS(=O)(=O)c1ccc(CCC(=O)Nc2ccc(S(=O)(=O)N3CCN(C)CC3)cc2)cc1)c1ccccc1. The lowest BCUT2D eigenvalue weighted by molar-refractivity contribution is -0.116. The Labute approximate surface area is 230 Å². The van der Waals surface area contributed by atoms with Crippen molar-refractivity contribution in [2.45, 2.75) is 35.6 Å². The van der Waals surface area contributed by atoms with Gasteiger partial charge in [-0.25, -0.2) is 21.6 Å². The molecule has 1 aliphatic rings. The van der Waals surface area contributed by atoms with E-state index in [9.17, 15) is 21.6 Å². The molecule has 0 radical (unpaired) electrons. The Morgan fingerprint density at radius 2 is 1.41 bits per heavy atom. The van der Waals surface area contributed by atoms with Gasteiger partial charge in [0.2, 0.25) is 26.0 Å². The Morgan fingerprint density at radius 1 is 0.821 bits per heavy atom. The number of rotatable bonds is 10. The molecule has 0 spiro atoms. The van der Waals surface area contributed by atoms with E-state index in [1.807, 2.05) is 37.4 Å². The van der Waals surface area contributed by atoms with Crippen LogP contribution in [0.2, 0.25) is 0 Å². The Morgan fingerprint density at radius 3 is 2.03 bits per heavy atom. The number of nitrogens with one attached hydrogen (secondary N) is 2. The van der Waals surface area contributed by atoms with Crippen molar-refractivity contribution in [1.82, 2.24) is 13.9 Å². The molecule has 3 aromatic rings. The number of piperazine rings is 1. The third kappa shape index (κ3) is 7.52. The van der Waals surface area contributed by atoms with Crippen molar-refractivity contribution in [2.75, 3.05) is 38.5 Å². The highest BCUT2D eigenvalue weighted by atomic mass is 32.2. The first-order valence-electron chi connectivity index (χ1n) is 12.8. The van der Waals surface area contributed by atoms with Gasteiger partial charge in [-0.2, -0.15) is 4.31 Å². The largest absolute Gasteiger partial charge is 0.326 e. The minimum absolute atomic E-state index is 0.157. The number of carbonyl (C=O) groups excluding carboxylic acids is 1. The van der Waals surface area contributed by atoms with Crippen LogP contribution >= 0.6 is 0 Å². The molecule has 0 bridgehead atoms. The topological polar surface area (TPSA) is 116 Å². The van der Waals surface area contributed by atoms with Gasteiger partial charge >= 0.3 is 0 Å². The van der Waals surface area contributed by atoms with E-state index >= 15 is 0 Å². The molecule has 3 aromatic carbocycles. The van der Waals surface area contributed by atoms with Crippen LogP contribution in [0.15, 0.2) is 88.7 Å². The molecule has 1 aliphatic heterocycles. The fourth-order valence-corrected chi connectivity index (χ4v) is 6.97. The van der Waals surface area contributed by atoms with E-state index in [1.54, 1.807) is 31.2 Å². The summed E-state index contributed by atoms with van der Waals surface area (Å²) in [7, 11) is -5.30. The lowest BCUT2D eigenvalue weighted by Crippen LogP contribution is -2.46. The average Bonchev–Trinajstić information content (AvgIpc) is 2.93. The number of sulfonamides is 2. The summed E-state index contributed by atoms with van der Waals surface area (Å²) >= 11 is 0. The number of carbonyl (C=O) groups is 1. The molecule has 9 nitrogen and oxygen atoms in total. The summed E-state index contributed by atoms with van der Waals surface area (Å²) < 4.78 is 55.4. The fraction of sp³-hybridized carbons (Fsp3) is 0.321. The summed E-state index contributed by atoms with van der Waals surface area (Å²) in [4.78, 5) is 14.9. The van der Waals surface area contributed by atoms with Crippen LogP contribution in [0.25, 0.3) is 0 Å². The van der Waals surface area contributed by atoms with Crippen LogP contribution in [0.5, 0.6) is 0 Å². The number of nitrogens with zero attached hydrogens (tertiary/aromatic N) is 2. The highest BCUT2D eigenvalue weighted by molar-refractivity contribution is 7.89. The summed E-state index contributed by atoms with van der Waals surface area (Å²) in [5.74, 6) is -0.222. The maximum absolute atomic E-state index is 12.9. The van der Waals surface area contributed by atoms with Gasteiger partial charge in [-0.3, -0.25) is 4.79 Å². The molecule has 4 rings (SSSR count). The minimum Gasteiger partial charge on any atom is -0.326 e. The number of anilines is 1. The number of hydrogen-bond donors (Lipinski definition) is 2. The van der Waals surface area contributed by atoms with E-state index in [-0.39, 0.29) is 28.2 Å². The summed E-state index contributed by atoms with van der Waals surface area (Å²) in [5.41, 5.74) is 2.21. The second-order valence-electron chi connectivity index (χ2n) is 9.68. The molecule has 2 N–H and O–H groups in total. The lowest BCUT2D eigenvalue weighted by Gasteiger charge is -2.31. The van der Waals surface area contributed by atoms with Gasteiger partial charge in [0.25, 0.3) is 0 Å². The van der Waals surface area contributed by atoms with Crippen LogP contribution in [-0.4, -0.2) is 65.2 Å². The van der Waals surface area contributed by atoms with E-state index in [0.717, 1.165) is 11.1 Å². The summed E-state index contributed by atoms with van der Waals surface area (Å²) in [5, 5.41) is 2.79. The van der Waals surface area contributed by atoms with Gasteiger partial charge in [-0.05, 0) is 67.9 Å². The molecular formula is C28H34N4O5S2. The zero-order chi connectivity index (χ0) is 28.0. The number of benzene rings is 3. The lowest BCUT2D eigenvalue weighted by atomic mass is 10.1. The Balaban J connectivity index is 1.28. The van der Waals surface area contributed by atoms with E-state index in [4.69, 9.17) is 0 Å². The molecule has 1 amide bonds. The normalized spacial score (nSPS) is 16.1. The van der Waals surface area contributed by atoms with Gasteiger partial charge in [0.15, 0.2) is 0 Å². The molecule has 208 valence electrons. The van der Waals surface area contributed by atoms with Crippen LogP contribution in [0, 0.1) is 0 Å². The number of hydrogen-bond acceptors (Lipinski definition) is 6. The van der Waals surface area contributed by atoms with Crippen molar-refractivity contribution in [3.8, 4) is 0 Å². The first kappa shape index (κ1) is 28.9. The van der Waals surface area contributed by atoms with Gasteiger partial charge < -0.3 is 10.2 Å². The molecule has 0 saturated carbocycles. The third-order valence-corrected chi connectivity index (χ3v) is 10.2. The van der Waals surface area contributed by atoms with E-state index in [0.29, 0.717) is 38.3 Å².